The van der Waals surface area contributed by atoms with E-state index in [4.69, 9.17) is 0 Å². The summed E-state index contributed by atoms with van der Waals surface area (Å²) in [6.45, 7) is 5.84. The van der Waals surface area contributed by atoms with Crippen molar-refractivity contribution >= 4 is 21.7 Å². The number of hydrogen-bond acceptors (Lipinski definition) is 6. The molecule has 0 bridgehead atoms. The van der Waals surface area contributed by atoms with E-state index in [-0.39, 0.29) is 29.1 Å². The third-order valence-corrected chi connectivity index (χ3v) is 4.83. The molecule has 21 heavy (non-hydrogen) atoms. The Hall–Kier alpha value is -1.96. The molecule has 2 N–H and O–H groups in total. The molecule has 1 aromatic heterocycles. The highest BCUT2D eigenvalue weighted by molar-refractivity contribution is 7.91. The lowest BCUT2D eigenvalue weighted by Crippen LogP contribution is -2.36. The van der Waals surface area contributed by atoms with Crippen molar-refractivity contribution in [1.82, 2.24) is 15.3 Å². The van der Waals surface area contributed by atoms with Gasteiger partial charge in [0.1, 0.15) is 5.69 Å². The normalized spacial score (nSPS) is 20.0. The summed E-state index contributed by atoms with van der Waals surface area (Å²) >= 11 is 0. The number of amides is 1. The summed E-state index contributed by atoms with van der Waals surface area (Å²) in [5.41, 5.74) is 0.874. The summed E-state index contributed by atoms with van der Waals surface area (Å²) in [5.74, 6) is 0.0698. The van der Waals surface area contributed by atoms with Gasteiger partial charge in [0.25, 0.3) is 5.91 Å². The van der Waals surface area contributed by atoms with Gasteiger partial charge in [-0.2, -0.15) is 0 Å². The van der Waals surface area contributed by atoms with Gasteiger partial charge in [0, 0.05) is 18.3 Å². The van der Waals surface area contributed by atoms with E-state index < -0.39 is 9.84 Å². The fourth-order valence-electron chi connectivity index (χ4n) is 2.10. The van der Waals surface area contributed by atoms with Crippen molar-refractivity contribution in [3.8, 4) is 0 Å². The van der Waals surface area contributed by atoms with Crippen LogP contribution in [0.5, 0.6) is 0 Å². The minimum Gasteiger partial charge on any atom is -0.351 e. The number of aromatic nitrogens is 2. The Morgan fingerprint density at radius 2 is 2.29 bits per heavy atom. The second-order valence-electron chi connectivity index (χ2n) is 4.96. The number of nitrogens with one attached hydrogen (secondary N) is 2. The molecule has 114 valence electrons. The smallest absolute Gasteiger partial charge is 0.270 e. The Labute approximate surface area is 123 Å². The number of sulfone groups is 1. The van der Waals surface area contributed by atoms with E-state index in [9.17, 15) is 13.2 Å². The lowest BCUT2D eigenvalue weighted by molar-refractivity contribution is 0.0936. The average Bonchev–Trinajstić information content (AvgIpc) is 2.75. The van der Waals surface area contributed by atoms with Crippen molar-refractivity contribution in [3.63, 3.8) is 0 Å². The van der Waals surface area contributed by atoms with Crippen LogP contribution in [0.4, 0.5) is 5.95 Å². The Kier molecular flexibility index (Phi) is 4.56. The van der Waals surface area contributed by atoms with Crippen LogP contribution in [0.15, 0.2) is 18.7 Å². The van der Waals surface area contributed by atoms with Crippen molar-refractivity contribution in [1.29, 1.82) is 0 Å². The van der Waals surface area contributed by atoms with Crippen LogP contribution in [0.1, 0.15) is 22.6 Å². The van der Waals surface area contributed by atoms with Gasteiger partial charge in [0.15, 0.2) is 9.84 Å². The summed E-state index contributed by atoms with van der Waals surface area (Å²) in [5, 5.41) is 5.63. The Morgan fingerprint density at radius 1 is 1.52 bits per heavy atom. The molecule has 2 heterocycles. The summed E-state index contributed by atoms with van der Waals surface area (Å²) < 4.78 is 22.8. The number of anilines is 1. The van der Waals surface area contributed by atoms with Gasteiger partial charge in [-0.3, -0.25) is 4.79 Å². The van der Waals surface area contributed by atoms with E-state index in [1.54, 1.807) is 19.1 Å². The third kappa shape index (κ3) is 4.25. The zero-order valence-corrected chi connectivity index (χ0v) is 12.6. The van der Waals surface area contributed by atoms with Crippen LogP contribution in [-0.2, 0) is 9.84 Å². The minimum atomic E-state index is -3.02. The van der Waals surface area contributed by atoms with Crippen LogP contribution < -0.4 is 10.6 Å². The highest BCUT2D eigenvalue weighted by atomic mass is 32.2. The predicted molar refractivity (Wildman–Crippen MR) is 80.0 cm³/mol. The van der Waals surface area contributed by atoms with Gasteiger partial charge in [-0.1, -0.05) is 6.08 Å². The van der Waals surface area contributed by atoms with Crippen LogP contribution in [0.2, 0.25) is 0 Å². The molecule has 7 nitrogen and oxygen atoms in total. The first-order valence-corrected chi connectivity index (χ1v) is 8.43. The Bertz CT molecular complexity index is 657. The van der Waals surface area contributed by atoms with Gasteiger partial charge in [-0.25, -0.2) is 18.4 Å². The maximum absolute atomic E-state index is 12.1. The first kappa shape index (κ1) is 15.4. The highest BCUT2D eigenvalue weighted by Gasteiger charge is 2.29. The van der Waals surface area contributed by atoms with Crippen molar-refractivity contribution in [2.24, 2.45) is 0 Å². The molecule has 1 fully saturated rings. The zero-order valence-electron chi connectivity index (χ0n) is 11.8. The number of hydrogen-bond donors (Lipinski definition) is 2. The maximum atomic E-state index is 12.1. The molecule has 0 radical (unpaired) electrons. The topological polar surface area (TPSA) is 101 Å². The van der Waals surface area contributed by atoms with E-state index in [0.717, 1.165) is 0 Å². The Morgan fingerprint density at radius 3 is 2.90 bits per heavy atom. The SMILES string of the molecule is C=CCNc1nc(C)cc(C(=O)NC2CCS(=O)(=O)C2)n1. The van der Waals surface area contributed by atoms with Crippen LogP contribution >= 0.6 is 0 Å². The third-order valence-electron chi connectivity index (χ3n) is 3.06. The van der Waals surface area contributed by atoms with E-state index in [1.165, 1.54) is 0 Å². The van der Waals surface area contributed by atoms with Gasteiger partial charge in [0.2, 0.25) is 5.95 Å². The molecule has 1 aliphatic rings. The fraction of sp³-hybridized carbons (Fsp3) is 0.462. The standard InChI is InChI=1S/C13H18N4O3S/c1-3-5-14-13-15-9(2)7-11(17-13)12(18)16-10-4-6-21(19,20)8-10/h3,7,10H,1,4-6,8H2,2H3,(H,16,18)(H,14,15,17). The van der Waals surface area contributed by atoms with Crippen LogP contribution in [0.3, 0.4) is 0 Å². The molecule has 2 rings (SSSR count). The monoisotopic (exact) mass is 310 g/mol. The van der Waals surface area contributed by atoms with Gasteiger partial charge in [-0.05, 0) is 19.4 Å². The van der Waals surface area contributed by atoms with Gasteiger partial charge < -0.3 is 10.6 Å². The first-order chi connectivity index (χ1) is 9.89. The summed E-state index contributed by atoms with van der Waals surface area (Å²) in [6, 6.07) is 1.22. The van der Waals surface area contributed by atoms with Gasteiger partial charge in [-0.15, -0.1) is 6.58 Å². The lowest BCUT2D eigenvalue weighted by Gasteiger charge is -2.11. The summed E-state index contributed by atoms with van der Waals surface area (Å²) in [6.07, 6.45) is 2.11. The molecule has 1 saturated heterocycles. The maximum Gasteiger partial charge on any atom is 0.270 e. The number of aryl methyl sites for hydroxylation is 1. The molecule has 8 heteroatoms. The minimum absolute atomic E-state index is 0.00955. The van der Waals surface area contributed by atoms with Crippen molar-refractivity contribution < 1.29 is 13.2 Å². The molecule has 0 aromatic carbocycles. The number of nitrogens with zero attached hydrogens (tertiary/aromatic N) is 2. The number of carbonyl (C=O) groups is 1. The van der Waals surface area contributed by atoms with E-state index in [2.05, 4.69) is 27.2 Å². The fourth-order valence-corrected chi connectivity index (χ4v) is 3.77. The molecule has 1 aromatic rings. The van der Waals surface area contributed by atoms with Crippen LogP contribution in [0, 0.1) is 6.92 Å². The molecule has 0 aliphatic carbocycles. The van der Waals surface area contributed by atoms with Crippen molar-refractivity contribution in [3.05, 3.63) is 30.1 Å². The van der Waals surface area contributed by atoms with Crippen molar-refractivity contribution in [2.45, 2.75) is 19.4 Å². The largest absolute Gasteiger partial charge is 0.351 e. The molecule has 1 aliphatic heterocycles. The lowest BCUT2D eigenvalue weighted by atomic mass is 10.2. The van der Waals surface area contributed by atoms with Gasteiger partial charge >= 0.3 is 0 Å². The average molecular weight is 310 g/mol. The molecule has 0 saturated carbocycles. The van der Waals surface area contributed by atoms with Crippen LogP contribution in [0.25, 0.3) is 0 Å². The van der Waals surface area contributed by atoms with Gasteiger partial charge in [0.05, 0.1) is 11.5 Å². The predicted octanol–water partition coefficient (Wildman–Crippen LogP) is 0.300. The zero-order chi connectivity index (χ0) is 15.5. The highest BCUT2D eigenvalue weighted by Crippen LogP contribution is 2.12. The summed E-state index contributed by atoms with van der Waals surface area (Å²) in [4.78, 5) is 20.4. The number of rotatable bonds is 5. The second-order valence-corrected chi connectivity index (χ2v) is 7.19. The first-order valence-electron chi connectivity index (χ1n) is 6.61. The second kappa shape index (κ2) is 6.21. The number of carbonyl (C=O) groups excluding carboxylic acids is 1. The molecule has 1 amide bonds. The molecular formula is C13H18N4O3S. The van der Waals surface area contributed by atoms with E-state index in [0.29, 0.717) is 24.6 Å². The van der Waals surface area contributed by atoms with Crippen molar-refractivity contribution in [2.75, 3.05) is 23.4 Å². The molecule has 1 atom stereocenters. The molecule has 1 unspecified atom stereocenters. The van der Waals surface area contributed by atoms with E-state index >= 15 is 0 Å². The molecule has 0 spiro atoms. The quantitative estimate of drug-likeness (QED) is 0.759. The summed E-state index contributed by atoms with van der Waals surface area (Å²) in [7, 11) is -3.02. The van der Waals surface area contributed by atoms with Crippen LogP contribution in [-0.4, -0.2) is 48.4 Å². The molecular weight excluding hydrogens is 292 g/mol. The van der Waals surface area contributed by atoms with E-state index in [1.807, 2.05) is 0 Å². The Balaban J connectivity index is 2.08.